The van der Waals surface area contributed by atoms with Crippen LogP contribution in [0.3, 0.4) is 0 Å². The minimum atomic E-state index is 0. The Bertz CT molecular complexity index is 69.5. The molecule has 0 aliphatic carbocycles. The quantitative estimate of drug-likeness (QED) is 0.747. The molecular weight excluding hydrogens is 183 g/mol. The van der Waals surface area contributed by atoms with Gasteiger partial charge in [-0.05, 0) is 39.5 Å². The van der Waals surface area contributed by atoms with Gasteiger partial charge in [-0.15, -0.1) is 24.8 Å². The third-order valence-corrected chi connectivity index (χ3v) is 1.47. The lowest BCUT2D eigenvalue weighted by atomic mass is 10.1. The topological polar surface area (TPSA) is 29.3 Å². The zero-order valence-corrected chi connectivity index (χ0v) is 9.17. The fourth-order valence-corrected chi connectivity index (χ4v) is 0.596. The van der Waals surface area contributed by atoms with E-state index in [9.17, 15) is 0 Å². The fraction of sp³-hybridized carbons (Fsp3) is 1.00. The highest BCUT2D eigenvalue weighted by molar-refractivity contribution is 5.85. The molecule has 0 bridgehead atoms. The Morgan fingerprint density at radius 1 is 1.27 bits per heavy atom. The molecule has 0 aliphatic rings. The van der Waals surface area contributed by atoms with Crippen molar-refractivity contribution in [2.75, 3.05) is 27.2 Å². The lowest BCUT2D eigenvalue weighted by molar-refractivity contribution is 0.363. The summed E-state index contributed by atoms with van der Waals surface area (Å²) in [6.45, 7) is 4.15. The third-order valence-electron chi connectivity index (χ3n) is 1.47. The Hall–Kier alpha value is 0.500. The van der Waals surface area contributed by atoms with E-state index in [1.54, 1.807) is 0 Å². The van der Waals surface area contributed by atoms with E-state index >= 15 is 0 Å². The summed E-state index contributed by atoms with van der Waals surface area (Å²) in [5, 5.41) is 0. The van der Waals surface area contributed by atoms with Crippen LogP contribution in [0.5, 0.6) is 0 Å². The first-order valence-corrected chi connectivity index (χ1v) is 3.51. The van der Waals surface area contributed by atoms with Crippen LogP contribution in [-0.4, -0.2) is 32.1 Å². The van der Waals surface area contributed by atoms with E-state index in [1.807, 2.05) is 0 Å². The van der Waals surface area contributed by atoms with Crippen molar-refractivity contribution in [3.8, 4) is 0 Å². The normalized spacial score (nSPS) is 11.7. The van der Waals surface area contributed by atoms with Crippen LogP contribution in [0, 0.1) is 5.92 Å². The summed E-state index contributed by atoms with van der Waals surface area (Å²) < 4.78 is 0. The number of hydrogen-bond acceptors (Lipinski definition) is 2. The molecule has 0 saturated carbocycles. The van der Waals surface area contributed by atoms with Gasteiger partial charge in [-0.1, -0.05) is 6.92 Å². The predicted octanol–water partition coefficient (Wildman–Crippen LogP) is 1.38. The molecule has 0 rings (SSSR count). The maximum Gasteiger partial charge on any atom is -0.00218 e. The van der Waals surface area contributed by atoms with Crippen molar-refractivity contribution in [2.45, 2.75) is 13.3 Å². The molecule has 4 heteroatoms. The SMILES string of the molecule is CC(CN)CCN(C)C.Cl.Cl. The summed E-state index contributed by atoms with van der Waals surface area (Å²) in [4.78, 5) is 2.19. The molecule has 1 unspecified atom stereocenters. The lowest BCUT2D eigenvalue weighted by Crippen LogP contribution is -2.19. The van der Waals surface area contributed by atoms with Crippen LogP contribution < -0.4 is 5.73 Å². The smallest absolute Gasteiger partial charge is 0.00218 e. The highest BCUT2D eigenvalue weighted by Gasteiger charge is 1.97. The zero-order chi connectivity index (χ0) is 7.28. The lowest BCUT2D eigenvalue weighted by Gasteiger charge is -2.12. The highest BCUT2D eigenvalue weighted by Crippen LogP contribution is 1.98. The predicted molar refractivity (Wildman–Crippen MR) is 55.9 cm³/mol. The summed E-state index contributed by atoms with van der Waals surface area (Å²) in [6, 6.07) is 0. The van der Waals surface area contributed by atoms with Crippen LogP contribution in [0.4, 0.5) is 0 Å². The monoisotopic (exact) mass is 202 g/mol. The van der Waals surface area contributed by atoms with E-state index in [0.717, 1.165) is 13.1 Å². The summed E-state index contributed by atoms with van der Waals surface area (Å²) in [5.74, 6) is 0.674. The summed E-state index contributed by atoms with van der Waals surface area (Å²) >= 11 is 0. The van der Waals surface area contributed by atoms with Crippen LogP contribution in [0.25, 0.3) is 0 Å². The van der Waals surface area contributed by atoms with Gasteiger partial charge in [-0.2, -0.15) is 0 Å². The van der Waals surface area contributed by atoms with E-state index in [2.05, 4.69) is 25.9 Å². The first kappa shape index (κ1) is 17.5. The molecule has 0 spiro atoms. The number of nitrogens with zero attached hydrogens (tertiary/aromatic N) is 1. The highest BCUT2D eigenvalue weighted by atomic mass is 35.5. The van der Waals surface area contributed by atoms with Gasteiger partial charge in [0.05, 0.1) is 0 Å². The molecule has 0 amide bonds. The first-order chi connectivity index (χ1) is 4.16. The van der Waals surface area contributed by atoms with Gasteiger partial charge in [0.1, 0.15) is 0 Å². The Morgan fingerprint density at radius 2 is 1.73 bits per heavy atom. The van der Waals surface area contributed by atoms with Gasteiger partial charge in [-0.25, -0.2) is 0 Å². The Balaban J connectivity index is -0.000000320. The molecule has 0 saturated heterocycles. The average Bonchev–Trinajstić information content (AvgIpc) is 1.83. The molecule has 0 fully saturated rings. The van der Waals surface area contributed by atoms with E-state index < -0.39 is 0 Å². The van der Waals surface area contributed by atoms with Crippen molar-refractivity contribution < 1.29 is 0 Å². The number of halogens is 2. The van der Waals surface area contributed by atoms with Crippen LogP contribution in [0.1, 0.15) is 13.3 Å². The van der Waals surface area contributed by atoms with Gasteiger partial charge in [-0.3, -0.25) is 0 Å². The number of rotatable bonds is 4. The molecule has 2 N–H and O–H groups in total. The third kappa shape index (κ3) is 13.5. The van der Waals surface area contributed by atoms with Crippen molar-refractivity contribution in [3.63, 3.8) is 0 Å². The van der Waals surface area contributed by atoms with Crippen LogP contribution in [0.15, 0.2) is 0 Å². The minimum absolute atomic E-state index is 0. The van der Waals surface area contributed by atoms with E-state index in [4.69, 9.17) is 5.73 Å². The van der Waals surface area contributed by atoms with Crippen LogP contribution in [0.2, 0.25) is 0 Å². The zero-order valence-electron chi connectivity index (χ0n) is 7.54. The van der Waals surface area contributed by atoms with Crippen molar-refractivity contribution in [1.82, 2.24) is 4.90 Å². The van der Waals surface area contributed by atoms with Crippen molar-refractivity contribution in [3.05, 3.63) is 0 Å². The maximum atomic E-state index is 5.44. The molecule has 0 aromatic rings. The molecule has 11 heavy (non-hydrogen) atoms. The molecule has 0 heterocycles. The Morgan fingerprint density at radius 3 is 2.00 bits per heavy atom. The average molecular weight is 203 g/mol. The summed E-state index contributed by atoms with van der Waals surface area (Å²) in [6.07, 6.45) is 1.21. The standard InChI is InChI=1S/C7H18N2.2ClH/c1-7(6-8)4-5-9(2)3;;/h7H,4-6,8H2,1-3H3;2*1H. The second-order valence-electron chi connectivity index (χ2n) is 2.93. The Labute approximate surface area is 82.3 Å². The fourth-order valence-electron chi connectivity index (χ4n) is 0.596. The van der Waals surface area contributed by atoms with E-state index in [-0.39, 0.29) is 24.8 Å². The molecule has 72 valence electrons. The molecule has 0 aromatic heterocycles. The second-order valence-corrected chi connectivity index (χ2v) is 2.93. The van der Waals surface area contributed by atoms with E-state index in [0.29, 0.717) is 5.92 Å². The maximum absolute atomic E-state index is 5.44. The summed E-state index contributed by atoms with van der Waals surface area (Å²) in [5.41, 5.74) is 5.44. The van der Waals surface area contributed by atoms with Crippen molar-refractivity contribution >= 4 is 24.8 Å². The molecule has 1 atom stereocenters. The Kier molecular flexibility index (Phi) is 16.8. The largest absolute Gasteiger partial charge is 0.330 e. The van der Waals surface area contributed by atoms with Gasteiger partial charge < -0.3 is 10.6 Å². The minimum Gasteiger partial charge on any atom is -0.330 e. The number of hydrogen-bond donors (Lipinski definition) is 1. The van der Waals surface area contributed by atoms with Crippen LogP contribution in [-0.2, 0) is 0 Å². The van der Waals surface area contributed by atoms with Gasteiger partial charge in [0.25, 0.3) is 0 Å². The van der Waals surface area contributed by atoms with Gasteiger partial charge in [0, 0.05) is 0 Å². The van der Waals surface area contributed by atoms with E-state index in [1.165, 1.54) is 6.42 Å². The van der Waals surface area contributed by atoms with Gasteiger partial charge in [0.15, 0.2) is 0 Å². The first-order valence-electron chi connectivity index (χ1n) is 3.51. The molecule has 0 aliphatic heterocycles. The molecule has 2 nitrogen and oxygen atoms in total. The van der Waals surface area contributed by atoms with Gasteiger partial charge >= 0.3 is 0 Å². The number of nitrogens with two attached hydrogens (primary N) is 1. The van der Waals surface area contributed by atoms with Crippen molar-refractivity contribution in [2.24, 2.45) is 11.7 Å². The molecule has 0 aromatic carbocycles. The van der Waals surface area contributed by atoms with Gasteiger partial charge in [0.2, 0.25) is 0 Å². The summed E-state index contributed by atoms with van der Waals surface area (Å²) in [7, 11) is 4.17. The molecular formula is C7H20Cl2N2. The van der Waals surface area contributed by atoms with Crippen LogP contribution >= 0.6 is 24.8 Å². The molecule has 0 radical (unpaired) electrons. The van der Waals surface area contributed by atoms with Crippen molar-refractivity contribution in [1.29, 1.82) is 0 Å². The second kappa shape index (κ2) is 10.5.